The maximum atomic E-state index is 13.2. The molecule has 0 saturated carbocycles. The molecule has 26 heavy (non-hydrogen) atoms. The van der Waals surface area contributed by atoms with Crippen LogP contribution in [-0.4, -0.2) is 40.8 Å². The van der Waals surface area contributed by atoms with Crippen molar-refractivity contribution in [3.63, 3.8) is 0 Å². The van der Waals surface area contributed by atoms with E-state index in [1.54, 1.807) is 11.6 Å². The van der Waals surface area contributed by atoms with E-state index in [0.29, 0.717) is 13.0 Å². The zero-order valence-electron chi connectivity index (χ0n) is 14.4. The molecule has 1 aliphatic rings. The highest BCUT2D eigenvalue weighted by atomic mass is 79.9. The average molecular weight is 441 g/mol. The number of nitrogens with zero attached hydrogens (tertiary/aromatic N) is 3. The first-order chi connectivity index (χ1) is 12.4. The van der Waals surface area contributed by atoms with Crippen molar-refractivity contribution in [2.24, 2.45) is 7.05 Å². The standard InChI is InChI=1S/C17H21BrN4O3S/c1-21-11-16(20-12-21)26(24,25)22(10-13-5-7-14(18)8-6-13)15-4-2-3-9-19-17(15)23/h5-8,11-12,15H,2-4,9-10H2,1H3,(H,19,23)/t15-/m1/s1. The molecular formula is C17H21BrN4O3S. The molecule has 1 atom stereocenters. The highest BCUT2D eigenvalue weighted by molar-refractivity contribution is 9.10. The lowest BCUT2D eigenvalue weighted by atomic mass is 10.1. The van der Waals surface area contributed by atoms with Crippen LogP contribution >= 0.6 is 15.9 Å². The Morgan fingerprint density at radius 2 is 2.04 bits per heavy atom. The monoisotopic (exact) mass is 440 g/mol. The van der Waals surface area contributed by atoms with Gasteiger partial charge in [0.15, 0.2) is 5.03 Å². The number of imidazole rings is 1. The minimum Gasteiger partial charge on any atom is -0.355 e. The van der Waals surface area contributed by atoms with Gasteiger partial charge in [0.1, 0.15) is 6.04 Å². The van der Waals surface area contributed by atoms with E-state index in [4.69, 9.17) is 0 Å². The van der Waals surface area contributed by atoms with Gasteiger partial charge in [-0.3, -0.25) is 4.79 Å². The fourth-order valence-electron chi connectivity index (χ4n) is 2.97. The molecule has 1 saturated heterocycles. The van der Waals surface area contributed by atoms with Crippen molar-refractivity contribution in [3.05, 3.63) is 46.8 Å². The van der Waals surface area contributed by atoms with Crippen molar-refractivity contribution in [3.8, 4) is 0 Å². The molecule has 0 radical (unpaired) electrons. The van der Waals surface area contributed by atoms with Crippen LogP contribution in [0, 0.1) is 0 Å². The van der Waals surface area contributed by atoms with E-state index >= 15 is 0 Å². The predicted octanol–water partition coefficient (Wildman–Crippen LogP) is 2.04. The normalized spacial score (nSPS) is 18.6. The minimum atomic E-state index is -3.91. The quantitative estimate of drug-likeness (QED) is 0.770. The molecule has 0 aliphatic carbocycles. The number of benzene rings is 1. The Labute approximate surface area is 161 Å². The van der Waals surface area contributed by atoms with Gasteiger partial charge in [-0.05, 0) is 37.0 Å². The van der Waals surface area contributed by atoms with Gasteiger partial charge < -0.3 is 9.88 Å². The van der Waals surface area contributed by atoms with Gasteiger partial charge in [0, 0.05) is 30.8 Å². The molecule has 1 aromatic heterocycles. The van der Waals surface area contributed by atoms with Gasteiger partial charge in [-0.25, -0.2) is 13.4 Å². The second-order valence-corrected chi connectivity index (χ2v) is 9.11. The second-order valence-electron chi connectivity index (χ2n) is 6.36. The van der Waals surface area contributed by atoms with Crippen LogP contribution in [0.15, 0.2) is 46.3 Å². The molecule has 1 fully saturated rings. The number of carbonyl (C=O) groups is 1. The van der Waals surface area contributed by atoms with Crippen molar-refractivity contribution in [1.82, 2.24) is 19.2 Å². The largest absolute Gasteiger partial charge is 0.355 e. The molecule has 2 heterocycles. The number of amides is 1. The molecule has 3 rings (SSSR count). The topological polar surface area (TPSA) is 84.3 Å². The molecule has 1 amide bonds. The lowest BCUT2D eigenvalue weighted by Gasteiger charge is -2.28. The van der Waals surface area contributed by atoms with Gasteiger partial charge in [0.05, 0.1) is 6.33 Å². The first-order valence-electron chi connectivity index (χ1n) is 8.40. The van der Waals surface area contributed by atoms with Crippen LogP contribution in [0.3, 0.4) is 0 Å². The molecular weight excluding hydrogens is 420 g/mol. The first kappa shape index (κ1) is 19.1. The van der Waals surface area contributed by atoms with E-state index < -0.39 is 16.1 Å². The van der Waals surface area contributed by atoms with E-state index in [0.717, 1.165) is 22.9 Å². The first-order valence-corrected chi connectivity index (χ1v) is 10.6. The summed E-state index contributed by atoms with van der Waals surface area (Å²) in [7, 11) is -2.20. The third-order valence-electron chi connectivity index (χ3n) is 4.36. The third kappa shape index (κ3) is 4.16. The Morgan fingerprint density at radius 1 is 1.31 bits per heavy atom. The summed E-state index contributed by atoms with van der Waals surface area (Å²) in [6, 6.07) is 6.66. The number of rotatable bonds is 5. The highest BCUT2D eigenvalue weighted by Gasteiger charge is 2.37. The molecule has 0 unspecified atom stereocenters. The molecule has 0 spiro atoms. The maximum absolute atomic E-state index is 13.2. The van der Waals surface area contributed by atoms with Crippen LogP contribution in [0.1, 0.15) is 24.8 Å². The summed E-state index contributed by atoms with van der Waals surface area (Å²) >= 11 is 3.38. The van der Waals surface area contributed by atoms with Crippen LogP contribution < -0.4 is 5.32 Å². The number of aromatic nitrogens is 2. The van der Waals surface area contributed by atoms with Crippen LogP contribution in [0.4, 0.5) is 0 Å². The van der Waals surface area contributed by atoms with Crippen molar-refractivity contribution >= 4 is 31.9 Å². The second kappa shape index (κ2) is 7.89. The van der Waals surface area contributed by atoms with Crippen LogP contribution in [-0.2, 0) is 28.4 Å². The van der Waals surface area contributed by atoms with Gasteiger partial charge in [0.25, 0.3) is 10.0 Å². The summed E-state index contributed by atoms with van der Waals surface area (Å²) in [5.41, 5.74) is 0.810. The zero-order chi connectivity index (χ0) is 18.7. The molecule has 1 aliphatic heterocycles. The SMILES string of the molecule is Cn1cnc(S(=O)(=O)N(Cc2ccc(Br)cc2)[C@@H]2CCCCNC2=O)c1. The number of aryl methyl sites for hydroxylation is 1. The Balaban J connectivity index is 2.00. The van der Waals surface area contributed by atoms with Gasteiger partial charge in [-0.2, -0.15) is 4.31 Å². The number of nitrogens with one attached hydrogen (secondary N) is 1. The van der Waals surface area contributed by atoms with E-state index in [1.165, 1.54) is 16.8 Å². The van der Waals surface area contributed by atoms with Crippen LogP contribution in [0.2, 0.25) is 0 Å². The van der Waals surface area contributed by atoms with Crippen molar-refractivity contribution < 1.29 is 13.2 Å². The van der Waals surface area contributed by atoms with Gasteiger partial charge in [0.2, 0.25) is 5.91 Å². The fourth-order valence-corrected chi connectivity index (χ4v) is 4.81. The number of hydrogen-bond donors (Lipinski definition) is 1. The lowest BCUT2D eigenvalue weighted by Crippen LogP contribution is -2.48. The van der Waals surface area contributed by atoms with Crippen LogP contribution in [0.25, 0.3) is 0 Å². The Bertz CT molecular complexity index is 880. The van der Waals surface area contributed by atoms with E-state index in [2.05, 4.69) is 26.2 Å². The van der Waals surface area contributed by atoms with Gasteiger partial charge in [-0.15, -0.1) is 0 Å². The minimum absolute atomic E-state index is 0.0471. The predicted molar refractivity (Wildman–Crippen MR) is 101 cm³/mol. The van der Waals surface area contributed by atoms with E-state index in [9.17, 15) is 13.2 Å². The maximum Gasteiger partial charge on any atom is 0.263 e. The number of carbonyl (C=O) groups excluding carboxylic acids is 1. The molecule has 7 nitrogen and oxygen atoms in total. The van der Waals surface area contributed by atoms with E-state index in [1.807, 2.05) is 24.3 Å². The summed E-state index contributed by atoms with van der Waals surface area (Å²) in [4.78, 5) is 16.5. The zero-order valence-corrected chi connectivity index (χ0v) is 16.8. The summed E-state index contributed by atoms with van der Waals surface area (Å²) < 4.78 is 30.2. The van der Waals surface area contributed by atoms with Gasteiger partial charge >= 0.3 is 0 Å². The van der Waals surface area contributed by atoms with Crippen molar-refractivity contribution in [2.45, 2.75) is 36.9 Å². The Kier molecular flexibility index (Phi) is 5.79. The summed E-state index contributed by atoms with van der Waals surface area (Å²) in [6.45, 7) is 0.690. The number of sulfonamides is 1. The Morgan fingerprint density at radius 3 is 2.69 bits per heavy atom. The molecule has 1 N–H and O–H groups in total. The molecule has 2 aromatic rings. The fraction of sp³-hybridized carbons (Fsp3) is 0.412. The highest BCUT2D eigenvalue weighted by Crippen LogP contribution is 2.24. The summed E-state index contributed by atoms with van der Waals surface area (Å²) in [6.07, 6.45) is 5.03. The van der Waals surface area contributed by atoms with Crippen molar-refractivity contribution in [1.29, 1.82) is 0 Å². The average Bonchev–Trinajstić information content (AvgIpc) is 2.94. The Hall–Kier alpha value is -1.71. The molecule has 1 aromatic carbocycles. The number of hydrogen-bond acceptors (Lipinski definition) is 4. The summed E-state index contributed by atoms with van der Waals surface area (Å²) in [5, 5.41) is 2.77. The molecule has 9 heteroatoms. The third-order valence-corrected chi connectivity index (χ3v) is 6.63. The lowest BCUT2D eigenvalue weighted by molar-refractivity contribution is -0.124. The van der Waals surface area contributed by atoms with Crippen molar-refractivity contribution in [2.75, 3.05) is 6.54 Å². The van der Waals surface area contributed by atoms with Gasteiger partial charge in [-0.1, -0.05) is 28.1 Å². The van der Waals surface area contributed by atoms with Crippen LogP contribution in [0.5, 0.6) is 0 Å². The smallest absolute Gasteiger partial charge is 0.263 e. The number of halogens is 1. The molecule has 140 valence electrons. The summed E-state index contributed by atoms with van der Waals surface area (Å²) in [5.74, 6) is -0.251. The van der Waals surface area contributed by atoms with E-state index in [-0.39, 0.29) is 17.5 Å². The molecule has 0 bridgehead atoms.